The van der Waals surface area contributed by atoms with Crippen LogP contribution in [0.5, 0.6) is 0 Å². The minimum absolute atomic E-state index is 0.102. The number of likely N-dealkylation sites (tertiary alicyclic amines) is 1. The first-order chi connectivity index (χ1) is 10.6. The second kappa shape index (κ2) is 7.79. The summed E-state index contributed by atoms with van der Waals surface area (Å²) in [5, 5.41) is 2.93. The van der Waals surface area contributed by atoms with Crippen molar-refractivity contribution in [3.05, 3.63) is 35.4 Å². The molecule has 1 aromatic rings. The third-order valence-corrected chi connectivity index (χ3v) is 4.03. The fraction of sp³-hybridized carbons (Fsp3) is 0.500. The van der Waals surface area contributed by atoms with Gasteiger partial charge in [0.05, 0.1) is 6.61 Å². The molecule has 1 fully saturated rings. The van der Waals surface area contributed by atoms with Crippen molar-refractivity contribution in [3.63, 3.8) is 0 Å². The molecule has 3 N–H and O–H groups in total. The van der Waals surface area contributed by atoms with Gasteiger partial charge < -0.3 is 20.7 Å². The van der Waals surface area contributed by atoms with Crippen LogP contribution in [0.1, 0.15) is 24.0 Å². The lowest BCUT2D eigenvalue weighted by Crippen LogP contribution is -2.46. The molecule has 0 spiro atoms. The van der Waals surface area contributed by atoms with Gasteiger partial charge in [-0.3, -0.25) is 4.79 Å². The Morgan fingerprint density at radius 3 is 2.50 bits per heavy atom. The Kier molecular flexibility index (Phi) is 5.77. The van der Waals surface area contributed by atoms with E-state index in [0.29, 0.717) is 39.1 Å². The van der Waals surface area contributed by atoms with Gasteiger partial charge in [0.2, 0.25) is 5.91 Å². The summed E-state index contributed by atoms with van der Waals surface area (Å²) in [7, 11) is 1.65. The Bertz CT molecular complexity index is 525. The molecule has 0 saturated carbocycles. The minimum Gasteiger partial charge on any atom is -0.380 e. The summed E-state index contributed by atoms with van der Waals surface area (Å²) in [5.41, 5.74) is 7.41. The average molecular weight is 305 g/mol. The summed E-state index contributed by atoms with van der Waals surface area (Å²) >= 11 is 0. The largest absolute Gasteiger partial charge is 0.380 e. The maximum Gasteiger partial charge on any atom is 0.317 e. The van der Waals surface area contributed by atoms with E-state index in [-0.39, 0.29) is 17.9 Å². The van der Waals surface area contributed by atoms with Crippen LogP contribution in [0, 0.1) is 5.92 Å². The lowest BCUT2D eigenvalue weighted by molar-refractivity contribution is -0.123. The molecule has 0 unspecified atom stereocenters. The molecule has 1 aliphatic heterocycles. The summed E-state index contributed by atoms with van der Waals surface area (Å²) in [4.78, 5) is 25.1. The molecule has 0 bridgehead atoms. The number of methoxy groups -OCH3 is 1. The molecular weight excluding hydrogens is 282 g/mol. The number of nitrogens with one attached hydrogen (secondary N) is 1. The monoisotopic (exact) mass is 305 g/mol. The highest BCUT2D eigenvalue weighted by molar-refractivity contribution is 5.78. The summed E-state index contributed by atoms with van der Waals surface area (Å²) in [6.07, 6.45) is 1.28. The van der Waals surface area contributed by atoms with Gasteiger partial charge in [0, 0.05) is 32.7 Å². The molecule has 1 saturated heterocycles. The van der Waals surface area contributed by atoms with Gasteiger partial charge in [-0.05, 0) is 24.0 Å². The van der Waals surface area contributed by atoms with Crippen LogP contribution in [0.3, 0.4) is 0 Å². The zero-order chi connectivity index (χ0) is 15.9. The van der Waals surface area contributed by atoms with Crippen molar-refractivity contribution in [1.29, 1.82) is 0 Å². The van der Waals surface area contributed by atoms with Gasteiger partial charge >= 0.3 is 6.03 Å². The fourth-order valence-corrected chi connectivity index (χ4v) is 2.68. The third kappa shape index (κ3) is 4.21. The number of ether oxygens (including phenoxy) is 1. The molecule has 1 heterocycles. The standard InChI is InChI=1S/C16H23N3O3/c1-22-11-14-5-3-2-4-13(14)10-18-16(21)19-8-6-12(7-9-19)15(17)20/h2-5,12H,6-11H2,1H3,(H2,17,20)(H,18,21). The van der Waals surface area contributed by atoms with Crippen LogP contribution in [0.25, 0.3) is 0 Å². The van der Waals surface area contributed by atoms with Crippen LogP contribution >= 0.6 is 0 Å². The Balaban J connectivity index is 1.85. The molecule has 1 aliphatic rings. The highest BCUT2D eigenvalue weighted by atomic mass is 16.5. The number of amides is 3. The van der Waals surface area contributed by atoms with Gasteiger partial charge in [-0.2, -0.15) is 0 Å². The third-order valence-electron chi connectivity index (χ3n) is 4.03. The minimum atomic E-state index is -0.270. The molecule has 3 amide bonds. The van der Waals surface area contributed by atoms with Crippen molar-refractivity contribution >= 4 is 11.9 Å². The first-order valence-corrected chi connectivity index (χ1v) is 7.49. The summed E-state index contributed by atoms with van der Waals surface area (Å²) in [5.74, 6) is -0.375. The molecule has 6 heteroatoms. The number of benzene rings is 1. The van der Waals surface area contributed by atoms with E-state index < -0.39 is 0 Å². The predicted molar refractivity (Wildman–Crippen MR) is 82.9 cm³/mol. The summed E-state index contributed by atoms with van der Waals surface area (Å²) in [6, 6.07) is 7.76. The number of hydrogen-bond acceptors (Lipinski definition) is 3. The van der Waals surface area contributed by atoms with E-state index in [2.05, 4.69) is 5.32 Å². The van der Waals surface area contributed by atoms with Crippen molar-refractivity contribution in [1.82, 2.24) is 10.2 Å². The van der Waals surface area contributed by atoms with E-state index in [1.54, 1.807) is 12.0 Å². The normalized spacial score (nSPS) is 15.6. The summed E-state index contributed by atoms with van der Waals surface area (Å²) < 4.78 is 5.16. The maximum absolute atomic E-state index is 12.2. The van der Waals surface area contributed by atoms with Crippen molar-refractivity contribution in [2.75, 3.05) is 20.2 Å². The number of hydrogen-bond donors (Lipinski definition) is 2. The topological polar surface area (TPSA) is 84.7 Å². The number of primary amides is 1. The number of rotatable bonds is 5. The number of nitrogens with two attached hydrogens (primary N) is 1. The van der Waals surface area contributed by atoms with Crippen molar-refractivity contribution in [2.24, 2.45) is 11.7 Å². The second-order valence-corrected chi connectivity index (χ2v) is 5.52. The van der Waals surface area contributed by atoms with Crippen molar-refractivity contribution in [2.45, 2.75) is 26.0 Å². The Labute approximate surface area is 130 Å². The van der Waals surface area contributed by atoms with E-state index in [1.165, 1.54) is 0 Å². The predicted octanol–water partition coefficient (Wildman–Crippen LogP) is 1.24. The average Bonchev–Trinajstić information content (AvgIpc) is 2.54. The SMILES string of the molecule is COCc1ccccc1CNC(=O)N1CCC(C(N)=O)CC1. The molecule has 0 atom stereocenters. The molecule has 2 rings (SSSR count). The maximum atomic E-state index is 12.2. The lowest BCUT2D eigenvalue weighted by atomic mass is 9.96. The Morgan fingerprint density at radius 1 is 1.27 bits per heavy atom. The first kappa shape index (κ1) is 16.3. The molecule has 1 aromatic carbocycles. The highest BCUT2D eigenvalue weighted by Gasteiger charge is 2.25. The highest BCUT2D eigenvalue weighted by Crippen LogP contribution is 2.17. The van der Waals surface area contributed by atoms with Gasteiger partial charge in [-0.1, -0.05) is 24.3 Å². The molecule has 120 valence electrons. The first-order valence-electron chi connectivity index (χ1n) is 7.49. The van der Waals surface area contributed by atoms with E-state index in [1.807, 2.05) is 24.3 Å². The smallest absolute Gasteiger partial charge is 0.317 e. The van der Waals surface area contributed by atoms with Crippen LogP contribution in [-0.4, -0.2) is 37.0 Å². The van der Waals surface area contributed by atoms with Gasteiger partial charge in [-0.25, -0.2) is 4.79 Å². The van der Waals surface area contributed by atoms with Crippen LogP contribution in [0.4, 0.5) is 4.79 Å². The van der Waals surface area contributed by atoms with E-state index >= 15 is 0 Å². The van der Waals surface area contributed by atoms with Gasteiger partial charge in [0.1, 0.15) is 0 Å². The number of nitrogens with zero attached hydrogens (tertiary/aromatic N) is 1. The van der Waals surface area contributed by atoms with Crippen LogP contribution in [0.15, 0.2) is 24.3 Å². The number of urea groups is 1. The van der Waals surface area contributed by atoms with E-state index in [4.69, 9.17) is 10.5 Å². The second-order valence-electron chi connectivity index (χ2n) is 5.52. The number of carbonyl (C=O) groups excluding carboxylic acids is 2. The van der Waals surface area contributed by atoms with Crippen LogP contribution < -0.4 is 11.1 Å². The molecule has 0 aromatic heterocycles. The summed E-state index contributed by atoms with van der Waals surface area (Å²) in [6.45, 7) is 2.13. The Hall–Kier alpha value is -2.08. The van der Waals surface area contributed by atoms with Crippen molar-refractivity contribution < 1.29 is 14.3 Å². The molecule has 22 heavy (non-hydrogen) atoms. The number of carbonyl (C=O) groups is 2. The Morgan fingerprint density at radius 2 is 1.91 bits per heavy atom. The van der Waals surface area contributed by atoms with Gasteiger partial charge in [0.15, 0.2) is 0 Å². The number of piperidine rings is 1. The van der Waals surface area contributed by atoms with E-state index in [9.17, 15) is 9.59 Å². The lowest BCUT2D eigenvalue weighted by Gasteiger charge is -2.30. The van der Waals surface area contributed by atoms with Gasteiger partial charge in [0.25, 0.3) is 0 Å². The molecular formula is C16H23N3O3. The quantitative estimate of drug-likeness (QED) is 0.858. The zero-order valence-electron chi connectivity index (χ0n) is 12.9. The fourth-order valence-electron chi connectivity index (χ4n) is 2.68. The van der Waals surface area contributed by atoms with Crippen molar-refractivity contribution in [3.8, 4) is 0 Å². The zero-order valence-corrected chi connectivity index (χ0v) is 12.9. The molecule has 6 nitrogen and oxygen atoms in total. The van der Waals surface area contributed by atoms with Crippen LogP contribution in [0.2, 0.25) is 0 Å². The molecule has 0 aliphatic carbocycles. The molecule has 0 radical (unpaired) electrons. The van der Waals surface area contributed by atoms with Crippen LogP contribution in [-0.2, 0) is 22.7 Å². The van der Waals surface area contributed by atoms with E-state index in [0.717, 1.165) is 11.1 Å². The van der Waals surface area contributed by atoms with Gasteiger partial charge in [-0.15, -0.1) is 0 Å².